The quantitative estimate of drug-likeness (QED) is 0.408. The third-order valence-corrected chi connectivity index (χ3v) is 3.65. The van der Waals surface area contributed by atoms with Crippen LogP contribution < -0.4 is 4.74 Å². The number of hydrogen-bond acceptors (Lipinski definition) is 3. The molecule has 2 aromatic carbocycles. The maximum absolute atomic E-state index is 5.97. The van der Waals surface area contributed by atoms with Gasteiger partial charge < -0.3 is 9.57 Å². The van der Waals surface area contributed by atoms with E-state index in [2.05, 4.69) is 50.2 Å². The second-order valence-corrected chi connectivity index (χ2v) is 5.72. The van der Waals surface area contributed by atoms with Crippen LogP contribution >= 0.6 is 0 Å². The predicted octanol–water partition coefficient (Wildman–Crippen LogP) is 5.03. The maximum Gasteiger partial charge on any atom is 0.123 e. The van der Waals surface area contributed by atoms with E-state index in [4.69, 9.17) is 9.57 Å². The topological polar surface area (TPSA) is 30.8 Å². The van der Waals surface area contributed by atoms with Crippen molar-refractivity contribution in [3.8, 4) is 5.75 Å². The van der Waals surface area contributed by atoms with E-state index in [-0.39, 0.29) is 0 Å². The molecule has 0 bridgehead atoms. The maximum atomic E-state index is 5.97. The summed E-state index contributed by atoms with van der Waals surface area (Å²) in [7, 11) is 0. The van der Waals surface area contributed by atoms with Gasteiger partial charge in [-0.3, -0.25) is 0 Å². The molecule has 0 aliphatic rings. The Labute approximate surface area is 138 Å². The average Bonchev–Trinajstić information content (AvgIpc) is 2.56. The van der Waals surface area contributed by atoms with Crippen LogP contribution in [0.4, 0.5) is 0 Å². The van der Waals surface area contributed by atoms with Crippen LogP contribution in [0.2, 0.25) is 0 Å². The summed E-state index contributed by atoms with van der Waals surface area (Å²) in [5.74, 6) is 0.914. The van der Waals surface area contributed by atoms with Crippen molar-refractivity contribution in [1.82, 2.24) is 0 Å². The molecular weight excluding hydrogens is 286 g/mol. The normalized spacial score (nSPS) is 11.4. The van der Waals surface area contributed by atoms with Crippen LogP contribution in [-0.2, 0) is 11.4 Å². The van der Waals surface area contributed by atoms with Gasteiger partial charge in [0.05, 0.1) is 5.71 Å². The van der Waals surface area contributed by atoms with Crippen LogP contribution in [0.3, 0.4) is 0 Å². The first-order valence-electron chi connectivity index (χ1n) is 8.06. The Bertz CT molecular complexity index is 663. The smallest absolute Gasteiger partial charge is 0.123 e. The second kappa shape index (κ2) is 8.37. The molecule has 0 radical (unpaired) electrons. The molecular formula is C20H25NO2. The lowest BCUT2D eigenvalue weighted by atomic mass is 10.0. The van der Waals surface area contributed by atoms with Crippen LogP contribution in [0.1, 0.15) is 42.5 Å². The van der Waals surface area contributed by atoms with Gasteiger partial charge in [-0.15, -0.1) is 0 Å². The van der Waals surface area contributed by atoms with Crippen LogP contribution in [0.15, 0.2) is 47.6 Å². The third kappa shape index (κ3) is 4.85. The molecule has 0 fully saturated rings. The van der Waals surface area contributed by atoms with E-state index in [1.54, 1.807) is 0 Å². The van der Waals surface area contributed by atoms with Gasteiger partial charge in [0, 0.05) is 5.56 Å². The summed E-state index contributed by atoms with van der Waals surface area (Å²) in [6, 6.07) is 14.4. The zero-order valence-electron chi connectivity index (χ0n) is 14.4. The van der Waals surface area contributed by atoms with Crippen LogP contribution in [-0.4, -0.2) is 12.3 Å². The highest BCUT2D eigenvalue weighted by Crippen LogP contribution is 2.24. The summed E-state index contributed by atoms with van der Waals surface area (Å²) in [5, 5.41) is 4.19. The molecule has 2 aromatic rings. The Balaban J connectivity index is 2.12. The van der Waals surface area contributed by atoms with E-state index in [1.807, 2.05) is 25.1 Å². The van der Waals surface area contributed by atoms with Crippen molar-refractivity contribution >= 4 is 5.71 Å². The Morgan fingerprint density at radius 1 is 1.04 bits per heavy atom. The molecule has 0 unspecified atom stereocenters. The monoisotopic (exact) mass is 311 g/mol. The average molecular weight is 311 g/mol. The molecule has 0 aliphatic carbocycles. The summed E-state index contributed by atoms with van der Waals surface area (Å²) >= 11 is 0. The van der Waals surface area contributed by atoms with Gasteiger partial charge in [-0.05, 0) is 56.0 Å². The Kier molecular flexibility index (Phi) is 6.21. The predicted molar refractivity (Wildman–Crippen MR) is 95.1 cm³/mol. The minimum absolute atomic E-state index is 0.577. The molecule has 0 N–H and O–H groups in total. The molecule has 0 aromatic heterocycles. The number of hydrogen-bond donors (Lipinski definition) is 0. The highest BCUT2D eigenvalue weighted by atomic mass is 16.6. The van der Waals surface area contributed by atoms with Crippen LogP contribution in [0.5, 0.6) is 5.75 Å². The van der Waals surface area contributed by atoms with Crippen LogP contribution in [0, 0.1) is 13.8 Å². The van der Waals surface area contributed by atoms with Gasteiger partial charge >= 0.3 is 0 Å². The van der Waals surface area contributed by atoms with E-state index in [9.17, 15) is 0 Å². The molecule has 0 aliphatic heterocycles. The lowest BCUT2D eigenvalue weighted by molar-refractivity contribution is 0.145. The van der Waals surface area contributed by atoms with Crippen molar-refractivity contribution in [2.45, 2.75) is 40.7 Å². The minimum Gasteiger partial charge on any atom is -0.489 e. The molecule has 0 heterocycles. The summed E-state index contributed by atoms with van der Waals surface area (Å²) < 4.78 is 5.97. The van der Waals surface area contributed by atoms with E-state index in [0.717, 1.165) is 34.6 Å². The van der Waals surface area contributed by atoms with Gasteiger partial charge in [-0.2, -0.15) is 0 Å². The number of aryl methyl sites for hydroxylation is 2. The summed E-state index contributed by atoms with van der Waals surface area (Å²) in [4.78, 5) is 5.29. The fraction of sp³-hybridized carbons (Fsp3) is 0.350. The largest absolute Gasteiger partial charge is 0.489 e. The lowest BCUT2D eigenvalue weighted by Gasteiger charge is -2.13. The number of ether oxygens (including phenoxy) is 1. The molecule has 3 nitrogen and oxygen atoms in total. The number of nitrogens with zero attached hydrogens (tertiary/aromatic N) is 1. The zero-order chi connectivity index (χ0) is 16.7. The first-order valence-corrected chi connectivity index (χ1v) is 8.06. The SMILES string of the molecule is CCCO/N=C(\C)c1cc(C)c(OCc2ccccc2)cc1C. The third-order valence-electron chi connectivity index (χ3n) is 3.65. The molecule has 0 amide bonds. The van der Waals surface area contributed by atoms with Gasteiger partial charge in [0.25, 0.3) is 0 Å². The first kappa shape index (κ1) is 17.1. The van der Waals surface area contributed by atoms with Gasteiger partial charge in [0.2, 0.25) is 0 Å². The van der Waals surface area contributed by atoms with E-state index < -0.39 is 0 Å². The standard InChI is InChI=1S/C20H25NO2/c1-5-11-23-21-17(4)19-12-16(3)20(13-15(19)2)22-14-18-9-7-6-8-10-18/h6-10,12-13H,5,11,14H2,1-4H3/b21-17+. The number of rotatable bonds is 7. The van der Waals surface area contributed by atoms with E-state index >= 15 is 0 Å². The molecule has 23 heavy (non-hydrogen) atoms. The highest BCUT2D eigenvalue weighted by molar-refractivity contribution is 6.00. The molecule has 2 rings (SSSR count). The highest BCUT2D eigenvalue weighted by Gasteiger charge is 2.09. The van der Waals surface area contributed by atoms with Crippen molar-refractivity contribution in [2.75, 3.05) is 6.61 Å². The van der Waals surface area contributed by atoms with Crippen molar-refractivity contribution in [2.24, 2.45) is 5.16 Å². The van der Waals surface area contributed by atoms with Crippen LogP contribution in [0.25, 0.3) is 0 Å². The fourth-order valence-electron chi connectivity index (χ4n) is 2.35. The van der Waals surface area contributed by atoms with E-state index in [1.165, 1.54) is 5.56 Å². The van der Waals surface area contributed by atoms with Crippen molar-refractivity contribution in [3.63, 3.8) is 0 Å². The number of benzene rings is 2. The fourth-order valence-corrected chi connectivity index (χ4v) is 2.35. The Morgan fingerprint density at radius 3 is 2.48 bits per heavy atom. The molecule has 3 heteroatoms. The first-order chi connectivity index (χ1) is 11.1. The van der Waals surface area contributed by atoms with Crippen molar-refractivity contribution in [1.29, 1.82) is 0 Å². The van der Waals surface area contributed by atoms with Gasteiger partial charge in [0.15, 0.2) is 0 Å². The van der Waals surface area contributed by atoms with E-state index in [0.29, 0.717) is 13.2 Å². The molecule has 0 saturated carbocycles. The minimum atomic E-state index is 0.577. The molecule has 0 saturated heterocycles. The Morgan fingerprint density at radius 2 is 1.78 bits per heavy atom. The summed E-state index contributed by atoms with van der Waals surface area (Å²) in [6.07, 6.45) is 0.959. The van der Waals surface area contributed by atoms with Gasteiger partial charge in [-0.25, -0.2) is 0 Å². The zero-order valence-corrected chi connectivity index (χ0v) is 14.4. The summed E-state index contributed by atoms with van der Waals surface area (Å²) in [5.41, 5.74) is 5.41. The lowest BCUT2D eigenvalue weighted by Crippen LogP contribution is -2.03. The van der Waals surface area contributed by atoms with Crippen molar-refractivity contribution in [3.05, 3.63) is 64.7 Å². The van der Waals surface area contributed by atoms with Gasteiger partial charge in [0.1, 0.15) is 19.0 Å². The molecule has 0 atom stereocenters. The molecule has 122 valence electrons. The second-order valence-electron chi connectivity index (χ2n) is 5.72. The summed E-state index contributed by atoms with van der Waals surface area (Å²) in [6.45, 7) is 9.40. The van der Waals surface area contributed by atoms with Gasteiger partial charge in [-0.1, -0.05) is 42.4 Å². The van der Waals surface area contributed by atoms with Crippen molar-refractivity contribution < 1.29 is 9.57 Å². The molecule has 0 spiro atoms. The number of oxime groups is 1. The Hall–Kier alpha value is -2.29.